The molecule has 9 nitrogen and oxygen atoms in total. The van der Waals surface area contributed by atoms with Gasteiger partial charge in [-0.1, -0.05) is 30.3 Å². The minimum absolute atomic E-state index is 0.0141. The first-order valence-electron chi connectivity index (χ1n) is 7.95. The van der Waals surface area contributed by atoms with Crippen molar-refractivity contribution in [3.8, 4) is 11.3 Å². The van der Waals surface area contributed by atoms with E-state index in [1.54, 1.807) is 10.9 Å². The minimum Gasteiger partial charge on any atom is -0.396 e. The average Bonchev–Trinajstić information content (AvgIpc) is 3.05. The molecule has 3 rings (SSSR count). The third-order valence-corrected chi connectivity index (χ3v) is 4.36. The Bertz CT molecular complexity index is 911. The van der Waals surface area contributed by atoms with Crippen molar-refractivity contribution in [1.29, 1.82) is 0 Å². The highest BCUT2D eigenvalue weighted by Gasteiger charge is 2.20. The summed E-state index contributed by atoms with van der Waals surface area (Å²) in [4.78, 5) is 30.7. The Morgan fingerprint density at radius 3 is 2.62 bits per heavy atom. The first-order chi connectivity index (χ1) is 12.5. The van der Waals surface area contributed by atoms with Crippen molar-refractivity contribution in [2.75, 3.05) is 19.6 Å². The van der Waals surface area contributed by atoms with E-state index in [-0.39, 0.29) is 19.3 Å². The van der Waals surface area contributed by atoms with Crippen molar-refractivity contribution in [2.45, 2.75) is 12.5 Å². The predicted octanol–water partition coefficient (Wildman–Crippen LogP) is 1.57. The average molecular weight is 378 g/mol. The van der Waals surface area contributed by atoms with E-state index in [0.29, 0.717) is 23.3 Å². The quantitative estimate of drug-likeness (QED) is 0.504. The fourth-order valence-electron chi connectivity index (χ4n) is 2.72. The summed E-state index contributed by atoms with van der Waals surface area (Å²) in [7, 11) is -4.26. The Labute approximate surface area is 149 Å². The Morgan fingerprint density at radius 2 is 1.92 bits per heavy atom. The maximum Gasteiger partial charge on any atom is 0.350 e. The van der Waals surface area contributed by atoms with E-state index in [9.17, 15) is 9.67 Å². The van der Waals surface area contributed by atoms with Gasteiger partial charge in [0, 0.05) is 12.2 Å². The molecule has 0 fully saturated rings. The van der Waals surface area contributed by atoms with Crippen molar-refractivity contribution >= 4 is 18.8 Å². The molecule has 0 radical (unpaired) electrons. The molecule has 26 heavy (non-hydrogen) atoms. The number of hydrogen-bond donors (Lipinski definition) is 3. The first-order valence-corrected chi connectivity index (χ1v) is 9.75. The standard InChI is InChI=1S/C16H19N4O5P/c21-7-6-13(8-25-11-26(22,23)24)20-10-19-16-15(20)14(17-9-18-16)12-4-2-1-3-5-12/h1-5,9-10,13,21H,6-8,11H2,(H2,22,23,24). The second-order valence-electron chi connectivity index (χ2n) is 5.74. The monoisotopic (exact) mass is 378 g/mol. The van der Waals surface area contributed by atoms with Crippen LogP contribution in [0.15, 0.2) is 43.0 Å². The van der Waals surface area contributed by atoms with Crippen LogP contribution in [0.2, 0.25) is 0 Å². The lowest BCUT2D eigenvalue weighted by atomic mass is 10.1. The van der Waals surface area contributed by atoms with Crippen LogP contribution in [0.4, 0.5) is 0 Å². The van der Waals surface area contributed by atoms with Crippen LogP contribution in [0.5, 0.6) is 0 Å². The number of nitrogens with zero attached hydrogens (tertiary/aromatic N) is 4. The van der Waals surface area contributed by atoms with Crippen LogP contribution in [0.3, 0.4) is 0 Å². The molecule has 3 aromatic rings. The van der Waals surface area contributed by atoms with Crippen molar-refractivity contribution in [3.63, 3.8) is 0 Å². The molecule has 0 amide bonds. The number of ether oxygens (including phenoxy) is 1. The first kappa shape index (κ1) is 18.6. The number of aliphatic hydroxyl groups is 1. The molecular formula is C16H19N4O5P. The summed E-state index contributed by atoms with van der Waals surface area (Å²) in [5.41, 5.74) is 2.75. The zero-order chi connectivity index (χ0) is 18.6. The van der Waals surface area contributed by atoms with Crippen LogP contribution in [-0.4, -0.2) is 54.0 Å². The van der Waals surface area contributed by atoms with Gasteiger partial charge in [0.05, 0.1) is 24.7 Å². The molecule has 3 N–H and O–H groups in total. The molecule has 138 valence electrons. The van der Waals surface area contributed by atoms with E-state index >= 15 is 0 Å². The van der Waals surface area contributed by atoms with Gasteiger partial charge in [-0.2, -0.15) is 0 Å². The van der Waals surface area contributed by atoms with E-state index in [0.717, 1.165) is 5.56 Å². The summed E-state index contributed by atoms with van der Waals surface area (Å²) in [6.07, 6.45) is 2.67. The van der Waals surface area contributed by atoms with Crippen molar-refractivity contribution < 1.29 is 24.2 Å². The Morgan fingerprint density at radius 1 is 1.15 bits per heavy atom. The molecule has 0 bridgehead atoms. The smallest absolute Gasteiger partial charge is 0.350 e. The summed E-state index contributed by atoms with van der Waals surface area (Å²) in [6, 6.07) is 9.18. The SMILES string of the molecule is O=P(O)(O)COCC(CCO)n1cnc2ncnc(-c3ccccc3)c21. The number of fused-ring (bicyclic) bond motifs is 1. The second kappa shape index (κ2) is 8.03. The van der Waals surface area contributed by atoms with Gasteiger partial charge < -0.3 is 24.2 Å². The molecule has 0 aliphatic heterocycles. The number of aromatic nitrogens is 4. The highest BCUT2D eigenvalue weighted by molar-refractivity contribution is 7.51. The van der Waals surface area contributed by atoms with Crippen molar-refractivity contribution in [1.82, 2.24) is 19.5 Å². The highest BCUT2D eigenvalue weighted by Crippen LogP contribution is 2.34. The summed E-state index contributed by atoms with van der Waals surface area (Å²) in [6.45, 7) is -0.0990. The topological polar surface area (TPSA) is 131 Å². The predicted molar refractivity (Wildman–Crippen MR) is 94.4 cm³/mol. The minimum atomic E-state index is -4.26. The van der Waals surface area contributed by atoms with Crippen molar-refractivity contribution in [2.24, 2.45) is 0 Å². The van der Waals surface area contributed by atoms with Gasteiger partial charge >= 0.3 is 7.60 Å². The zero-order valence-corrected chi connectivity index (χ0v) is 14.7. The highest BCUT2D eigenvalue weighted by atomic mass is 31.2. The molecule has 1 unspecified atom stereocenters. The Kier molecular flexibility index (Phi) is 5.75. The van der Waals surface area contributed by atoms with Crippen molar-refractivity contribution in [3.05, 3.63) is 43.0 Å². The maximum atomic E-state index is 11.0. The van der Waals surface area contributed by atoms with E-state index in [1.807, 2.05) is 30.3 Å². The lowest BCUT2D eigenvalue weighted by molar-refractivity contribution is 0.112. The van der Waals surface area contributed by atoms with Crippen LogP contribution in [-0.2, 0) is 9.30 Å². The molecule has 0 aliphatic rings. The second-order valence-corrected chi connectivity index (χ2v) is 7.33. The Hall–Kier alpha value is -2.16. The van der Waals surface area contributed by atoms with Crippen LogP contribution in [0, 0.1) is 0 Å². The molecule has 0 aliphatic carbocycles. The largest absolute Gasteiger partial charge is 0.396 e. The lowest BCUT2D eigenvalue weighted by Crippen LogP contribution is -2.17. The number of aliphatic hydroxyl groups excluding tert-OH is 1. The summed E-state index contributed by atoms with van der Waals surface area (Å²) in [5, 5.41) is 9.38. The fourth-order valence-corrected chi connectivity index (χ4v) is 3.06. The van der Waals surface area contributed by atoms with E-state index in [1.165, 1.54) is 6.33 Å². The van der Waals surface area contributed by atoms with Gasteiger partial charge in [-0.25, -0.2) is 15.0 Å². The molecule has 1 aromatic carbocycles. The van der Waals surface area contributed by atoms with Crippen LogP contribution in [0.1, 0.15) is 12.5 Å². The lowest BCUT2D eigenvalue weighted by Gasteiger charge is -2.19. The number of hydrogen-bond acceptors (Lipinski definition) is 6. The van der Waals surface area contributed by atoms with Crippen LogP contribution >= 0.6 is 7.60 Å². The zero-order valence-electron chi connectivity index (χ0n) is 13.8. The molecule has 1 atom stereocenters. The summed E-state index contributed by atoms with van der Waals surface area (Å²) < 4.78 is 17.9. The molecular weight excluding hydrogens is 359 g/mol. The number of benzene rings is 1. The van der Waals surface area contributed by atoms with E-state index in [4.69, 9.17) is 14.5 Å². The third-order valence-electron chi connectivity index (χ3n) is 3.84. The van der Waals surface area contributed by atoms with E-state index in [2.05, 4.69) is 15.0 Å². The molecule has 2 heterocycles. The van der Waals surface area contributed by atoms with Gasteiger partial charge in [0.25, 0.3) is 0 Å². The Balaban J connectivity index is 1.98. The molecule has 0 saturated heterocycles. The van der Waals surface area contributed by atoms with E-state index < -0.39 is 13.9 Å². The van der Waals surface area contributed by atoms with Crippen LogP contribution < -0.4 is 0 Å². The van der Waals surface area contributed by atoms with Gasteiger partial charge in [0.15, 0.2) is 5.65 Å². The normalized spacial score (nSPS) is 13.2. The number of rotatable bonds is 8. The molecule has 2 aromatic heterocycles. The number of imidazole rings is 1. The third kappa shape index (κ3) is 4.32. The van der Waals surface area contributed by atoms with Gasteiger partial charge in [-0.3, -0.25) is 4.57 Å². The van der Waals surface area contributed by atoms with Crippen LogP contribution in [0.25, 0.3) is 22.4 Å². The summed E-state index contributed by atoms with van der Waals surface area (Å²) in [5.74, 6) is 0. The van der Waals surface area contributed by atoms with Gasteiger partial charge in [0.1, 0.15) is 18.2 Å². The fraction of sp³-hybridized carbons (Fsp3) is 0.312. The molecule has 0 saturated carbocycles. The van der Waals surface area contributed by atoms with Gasteiger partial charge in [-0.05, 0) is 6.42 Å². The maximum absolute atomic E-state index is 11.0. The molecule has 10 heteroatoms. The van der Waals surface area contributed by atoms with Gasteiger partial charge in [-0.15, -0.1) is 0 Å². The van der Waals surface area contributed by atoms with Gasteiger partial charge in [0.2, 0.25) is 0 Å². The summed E-state index contributed by atoms with van der Waals surface area (Å²) >= 11 is 0. The molecule has 0 spiro atoms.